The maximum atomic E-state index is 11.9. The minimum Gasteiger partial charge on any atom is -0.375 e. The zero-order valence-electron chi connectivity index (χ0n) is 10.9. The molecule has 0 aliphatic carbocycles. The second-order valence-electron chi connectivity index (χ2n) is 4.22. The maximum Gasteiger partial charge on any atom is 0.243 e. The lowest BCUT2D eigenvalue weighted by Gasteiger charge is -2.09. The summed E-state index contributed by atoms with van der Waals surface area (Å²) in [5, 5.41) is 14.6. The van der Waals surface area contributed by atoms with Gasteiger partial charge in [-0.15, -0.1) is 0 Å². The molecule has 0 atom stereocenters. The molecule has 2 aromatic rings. The number of nitriles is 1. The van der Waals surface area contributed by atoms with E-state index in [1.54, 1.807) is 18.2 Å². The number of nitrogens with one attached hydrogen (secondary N) is 2. The molecule has 21 heavy (non-hydrogen) atoms. The Morgan fingerprint density at radius 2 is 1.86 bits per heavy atom. The number of nitrogens with zero attached hydrogens (tertiary/aromatic N) is 1. The van der Waals surface area contributed by atoms with Crippen molar-refractivity contribution in [2.75, 3.05) is 17.2 Å². The van der Waals surface area contributed by atoms with Gasteiger partial charge in [-0.2, -0.15) is 5.26 Å². The molecule has 0 fully saturated rings. The Balaban J connectivity index is 1.92. The molecule has 1 amide bonds. The van der Waals surface area contributed by atoms with E-state index in [2.05, 4.69) is 48.6 Å². The van der Waals surface area contributed by atoms with Crippen molar-refractivity contribution in [2.24, 2.45) is 0 Å². The smallest absolute Gasteiger partial charge is 0.243 e. The summed E-state index contributed by atoms with van der Waals surface area (Å²) in [7, 11) is 0. The molecule has 4 nitrogen and oxygen atoms in total. The number of rotatable bonds is 4. The lowest BCUT2D eigenvalue weighted by atomic mass is 10.2. The minimum absolute atomic E-state index is 0.139. The van der Waals surface area contributed by atoms with Crippen LogP contribution in [-0.4, -0.2) is 12.5 Å². The van der Waals surface area contributed by atoms with Crippen molar-refractivity contribution in [1.29, 1.82) is 5.26 Å². The third-order valence-corrected chi connectivity index (χ3v) is 3.85. The molecule has 0 unspecified atom stereocenters. The third kappa shape index (κ3) is 4.59. The van der Waals surface area contributed by atoms with Gasteiger partial charge in [-0.05, 0) is 58.4 Å². The van der Waals surface area contributed by atoms with Crippen molar-refractivity contribution < 1.29 is 4.79 Å². The van der Waals surface area contributed by atoms with Crippen molar-refractivity contribution in [3.63, 3.8) is 0 Å². The Labute approximate surface area is 139 Å². The summed E-state index contributed by atoms with van der Waals surface area (Å²) in [5.41, 5.74) is 2.07. The quantitative estimate of drug-likeness (QED) is 0.799. The lowest BCUT2D eigenvalue weighted by Crippen LogP contribution is -2.21. The first-order chi connectivity index (χ1) is 10.1. The van der Waals surface area contributed by atoms with Crippen LogP contribution in [0, 0.1) is 11.3 Å². The number of hydrogen-bond acceptors (Lipinski definition) is 3. The molecule has 0 saturated heterocycles. The van der Waals surface area contributed by atoms with Crippen molar-refractivity contribution >= 4 is 49.1 Å². The fourth-order valence-electron chi connectivity index (χ4n) is 1.64. The zero-order chi connectivity index (χ0) is 15.2. The molecular formula is C15H11Br2N3O. The van der Waals surface area contributed by atoms with Crippen molar-refractivity contribution in [3.05, 3.63) is 57.0 Å². The number of carbonyl (C=O) groups is 1. The van der Waals surface area contributed by atoms with Crippen LogP contribution in [0.25, 0.3) is 0 Å². The normalized spacial score (nSPS) is 9.76. The third-order valence-electron chi connectivity index (χ3n) is 2.67. The van der Waals surface area contributed by atoms with Crippen molar-refractivity contribution in [2.45, 2.75) is 0 Å². The van der Waals surface area contributed by atoms with E-state index in [1.807, 2.05) is 24.3 Å². The molecule has 0 radical (unpaired) electrons. The van der Waals surface area contributed by atoms with E-state index in [1.165, 1.54) is 0 Å². The van der Waals surface area contributed by atoms with Gasteiger partial charge in [0.15, 0.2) is 0 Å². The molecule has 0 aromatic heterocycles. The van der Waals surface area contributed by atoms with Gasteiger partial charge in [-0.25, -0.2) is 0 Å². The summed E-state index contributed by atoms with van der Waals surface area (Å²) in [6.45, 7) is 0.139. The summed E-state index contributed by atoms with van der Waals surface area (Å²) in [4.78, 5) is 11.9. The number of carbonyl (C=O) groups excluding carboxylic acids is 1. The van der Waals surface area contributed by atoms with Crippen LogP contribution < -0.4 is 10.6 Å². The number of halogens is 2. The van der Waals surface area contributed by atoms with Gasteiger partial charge in [0.1, 0.15) is 0 Å². The Morgan fingerprint density at radius 1 is 1.14 bits per heavy atom. The van der Waals surface area contributed by atoms with Gasteiger partial charge in [-0.3, -0.25) is 4.79 Å². The van der Waals surface area contributed by atoms with E-state index in [0.717, 1.165) is 20.3 Å². The van der Waals surface area contributed by atoms with E-state index in [0.29, 0.717) is 5.56 Å². The molecule has 0 bridgehead atoms. The first-order valence-electron chi connectivity index (χ1n) is 6.07. The molecule has 2 N–H and O–H groups in total. The van der Waals surface area contributed by atoms with E-state index in [4.69, 9.17) is 5.26 Å². The molecule has 0 saturated carbocycles. The van der Waals surface area contributed by atoms with Gasteiger partial charge in [-0.1, -0.05) is 15.9 Å². The lowest BCUT2D eigenvalue weighted by molar-refractivity contribution is -0.114. The van der Waals surface area contributed by atoms with Crippen LogP contribution >= 0.6 is 31.9 Å². The van der Waals surface area contributed by atoms with E-state index in [9.17, 15) is 4.79 Å². The van der Waals surface area contributed by atoms with Crippen molar-refractivity contribution in [3.8, 4) is 6.07 Å². The maximum absolute atomic E-state index is 11.9. The Bertz CT molecular complexity index is 693. The van der Waals surface area contributed by atoms with Crippen molar-refractivity contribution in [1.82, 2.24) is 0 Å². The minimum atomic E-state index is -0.145. The molecule has 2 rings (SSSR count). The standard InChI is InChI=1S/C15H11Br2N3O/c16-11-2-4-12(5-3-11)20-15(21)9-19-14-6-1-10(8-18)7-13(14)17/h1-7,19H,9H2,(H,20,21). The molecule has 2 aromatic carbocycles. The summed E-state index contributed by atoms with van der Waals surface area (Å²) in [5.74, 6) is -0.145. The van der Waals surface area contributed by atoms with Crippen LogP contribution in [-0.2, 0) is 4.79 Å². The molecule has 6 heteroatoms. The highest BCUT2D eigenvalue weighted by atomic mass is 79.9. The Hall–Kier alpha value is -1.84. The van der Waals surface area contributed by atoms with Crippen LogP contribution in [0.5, 0.6) is 0 Å². The predicted molar refractivity (Wildman–Crippen MR) is 90.1 cm³/mol. The highest BCUT2D eigenvalue weighted by molar-refractivity contribution is 9.10. The highest BCUT2D eigenvalue weighted by Crippen LogP contribution is 2.23. The van der Waals surface area contributed by atoms with Crippen LogP contribution in [0.3, 0.4) is 0 Å². The topological polar surface area (TPSA) is 64.9 Å². The Kier molecular flexibility index (Phi) is 5.37. The van der Waals surface area contributed by atoms with Gasteiger partial charge < -0.3 is 10.6 Å². The van der Waals surface area contributed by atoms with Gasteiger partial charge in [0, 0.05) is 20.3 Å². The average molecular weight is 409 g/mol. The van der Waals surface area contributed by atoms with E-state index >= 15 is 0 Å². The molecule has 0 heterocycles. The van der Waals surface area contributed by atoms with Gasteiger partial charge in [0.25, 0.3) is 0 Å². The van der Waals surface area contributed by atoms with E-state index in [-0.39, 0.29) is 12.5 Å². The monoisotopic (exact) mass is 407 g/mol. The predicted octanol–water partition coefficient (Wildman–Crippen LogP) is 4.13. The molecule has 0 spiro atoms. The highest BCUT2D eigenvalue weighted by Gasteiger charge is 2.05. The molecule has 0 aliphatic rings. The van der Waals surface area contributed by atoms with E-state index < -0.39 is 0 Å². The fraction of sp³-hybridized carbons (Fsp3) is 0.0667. The van der Waals surface area contributed by atoms with Crippen LogP contribution in [0.1, 0.15) is 5.56 Å². The second-order valence-corrected chi connectivity index (χ2v) is 5.99. The average Bonchev–Trinajstić information content (AvgIpc) is 2.48. The molecule has 0 aliphatic heterocycles. The van der Waals surface area contributed by atoms with Gasteiger partial charge in [0.05, 0.1) is 18.2 Å². The van der Waals surface area contributed by atoms with Gasteiger partial charge in [0.2, 0.25) is 5.91 Å². The molecule has 106 valence electrons. The first-order valence-corrected chi connectivity index (χ1v) is 7.66. The fourth-order valence-corrected chi connectivity index (χ4v) is 2.43. The van der Waals surface area contributed by atoms with Gasteiger partial charge >= 0.3 is 0 Å². The van der Waals surface area contributed by atoms with Crippen LogP contribution in [0.2, 0.25) is 0 Å². The largest absolute Gasteiger partial charge is 0.375 e. The van der Waals surface area contributed by atoms with Crippen LogP contribution in [0.15, 0.2) is 51.4 Å². The zero-order valence-corrected chi connectivity index (χ0v) is 14.0. The number of hydrogen-bond donors (Lipinski definition) is 2. The number of benzene rings is 2. The Morgan fingerprint density at radius 3 is 2.48 bits per heavy atom. The number of anilines is 2. The second kappa shape index (κ2) is 7.25. The van der Waals surface area contributed by atoms with Crippen LogP contribution in [0.4, 0.5) is 11.4 Å². The SMILES string of the molecule is N#Cc1ccc(NCC(=O)Nc2ccc(Br)cc2)c(Br)c1. The summed E-state index contributed by atoms with van der Waals surface area (Å²) >= 11 is 6.70. The first kappa shape index (κ1) is 15.5. The summed E-state index contributed by atoms with van der Waals surface area (Å²) in [6.07, 6.45) is 0. The molecular weight excluding hydrogens is 398 g/mol. The number of amides is 1. The summed E-state index contributed by atoms with van der Waals surface area (Å²) in [6, 6.07) is 14.6. The summed E-state index contributed by atoms with van der Waals surface area (Å²) < 4.78 is 1.71.